The van der Waals surface area contributed by atoms with E-state index in [1.54, 1.807) is 24.3 Å². The first-order valence-electron chi connectivity index (χ1n) is 13.3. The van der Waals surface area contributed by atoms with Crippen LogP contribution in [0.25, 0.3) is 0 Å². The molecule has 0 heterocycles. The Hall–Kier alpha value is -3.72. The number of benzene rings is 3. The zero-order valence-corrected chi connectivity index (χ0v) is 24.5. The fourth-order valence-corrected chi connectivity index (χ4v) is 5.32. The predicted molar refractivity (Wildman–Crippen MR) is 157 cm³/mol. The second-order valence-electron chi connectivity index (χ2n) is 10.3. The van der Waals surface area contributed by atoms with Crippen LogP contribution in [-0.2, 0) is 32.6 Å². The van der Waals surface area contributed by atoms with Crippen molar-refractivity contribution >= 4 is 27.5 Å². The second kappa shape index (κ2) is 13.6. The maximum absolute atomic E-state index is 14.1. The van der Waals surface area contributed by atoms with Crippen LogP contribution >= 0.6 is 0 Å². The molecule has 0 aliphatic rings. The van der Waals surface area contributed by atoms with Gasteiger partial charge in [-0.2, -0.15) is 0 Å². The molecule has 0 bridgehead atoms. The summed E-state index contributed by atoms with van der Waals surface area (Å²) in [6.45, 7) is 7.05. The number of carbonyl (C=O) groups excluding carboxylic acids is 2. The minimum atomic E-state index is -3.85. The Morgan fingerprint density at radius 1 is 0.925 bits per heavy atom. The molecule has 214 valence electrons. The molecule has 40 heavy (non-hydrogen) atoms. The smallest absolute Gasteiger partial charge is 0.244 e. The highest BCUT2D eigenvalue weighted by Gasteiger charge is 2.33. The van der Waals surface area contributed by atoms with E-state index in [1.165, 1.54) is 17.0 Å². The van der Waals surface area contributed by atoms with Crippen molar-refractivity contribution in [3.05, 3.63) is 101 Å². The van der Waals surface area contributed by atoms with Crippen LogP contribution in [0.4, 0.5) is 10.1 Å². The average Bonchev–Trinajstić information content (AvgIpc) is 2.89. The number of rotatable bonds is 12. The van der Waals surface area contributed by atoms with Crippen molar-refractivity contribution in [3.8, 4) is 0 Å². The topological polar surface area (TPSA) is 86.8 Å². The Balaban J connectivity index is 2.07. The first kappa shape index (κ1) is 30.8. The van der Waals surface area contributed by atoms with Crippen molar-refractivity contribution in [2.24, 2.45) is 0 Å². The quantitative estimate of drug-likeness (QED) is 0.342. The fraction of sp³-hybridized carbons (Fsp3) is 0.355. The van der Waals surface area contributed by atoms with Crippen LogP contribution in [-0.4, -0.2) is 50.0 Å². The van der Waals surface area contributed by atoms with Crippen LogP contribution in [0.5, 0.6) is 0 Å². The number of sulfonamides is 1. The van der Waals surface area contributed by atoms with E-state index in [-0.39, 0.29) is 24.9 Å². The molecule has 3 rings (SSSR count). The summed E-state index contributed by atoms with van der Waals surface area (Å²) in [6, 6.07) is 19.3. The molecule has 0 saturated heterocycles. The van der Waals surface area contributed by atoms with Crippen LogP contribution < -0.4 is 9.62 Å². The van der Waals surface area contributed by atoms with Crippen molar-refractivity contribution in [1.29, 1.82) is 0 Å². The lowest BCUT2D eigenvalue weighted by Crippen LogP contribution is -2.54. The van der Waals surface area contributed by atoms with Crippen molar-refractivity contribution in [2.75, 3.05) is 17.1 Å². The molecule has 1 N–H and O–H groups in total. The Kier molecular flexibility index (Phi) is 10.5. The zero-order valence-electron chi connectivity index (χ0n) is 23.7. The lowest BCUT2D eigenvalue weighted by Gasteiger charge is -2.34. The van der Waals surface area contributed by atoms with Crippen molar-refractivity contribution in [2.45, 2.75) is 59.2 Å². The minimum Gasteiger partial charge on any atom is -0.352 e. The number of carbonyl (C=O) groups is 2. The molecule has 0 saturated carbocycles. The molecule has 0 aliphatic carbocycles. The molecule has 0 fully saturated rings. The first-order valence-corrected chi connectivity index (χ1v) is 15.2. The first-order chi connectivity index (χ1) is 18.9. The summed E-state index contributed by atoms with van der Waals surface area (Å²) in [7, 11) is -3.85. The number of hydrogen-bond donors (Lipinski definition) is 1. The van der Waals surface area contributed by atoms with Gasteiger partial charge in [0, 0.05) is 19.0 Å². The predicted octanol–water partition coefficient (Wildman–Crippen LogP) is 4.76. The molecular formula is C31H38FN3O4S. The van der Waals surface area contributed by atoms with E-state index >= 15 is 0 Å². The lowest BCUT2D eigenvalue weighted by molar-refractivity contribution is -0.140. The highest BCUT2D eigenvalue weighted by atomic mass is 32.2. The zero-order chi connectivity index (χ0) is 29.4. The van der Waals surface area contributed by atoms with Gasteiger partial charge in [0.25, 0.3) is 0 Å². The number of amides is 2. The molecule has 0 aliphatic heterocycles. The summed E-state index contributed by atoms with van der Waals surface area (Å²) >= 11 is 0. The van der Waals surface area contributed by atoms with Crippen LogP contribution in [0.1, 0.15) is 42.5 Å². The van der Waals surface area contributed by atoms with Gasteiger partial charge >= 0.3 is 0 Å². The molecule has 0 spiro atoms. The average molecular weight is 568 g/mol. The molecule has 9 heteroatoms. The molecule has 0 radical (unpaired) electrons. The summed E-state index contributed by atoms with van der Waals surface area (Å²) in [5, 5.41) is 2.99. The molecule has 2 amide bonds. The lowest BCUT2D eigenvalue weighted by atomic mass is 10.0. The van der Waals surface area contributed by atoms with Gasteiger partial charge in [0.2, 0.25) is 21.8 Å². The normalized spacial score (nSPS) is 12.8. The highest BCUT2D eigenvalue weighted by molar-refractivity contribution is 7.92. The van der Waals surface area contributed by atoms with Crippen LogP contribution in [0, 0.1) is 19.7 Å². The second-order valence-corrected chi connectivity index (χ2v) is 12.2. The van der Waals surface area contributed by atoms with E-state index in [0.29, 0.717) is 17.7 Å². The highest BCUT2D eigenvalue weighted by Crippen LogP contribution is 2.23. The molecule has 7 nitrogen and oxygen atoms in total. The maximum atomic E-state index is 14.1. The molecular weight excluding hydrogens is 529 g/mol. The number of aryl methyl sites for hydroxylation is 2. The molecule has 0 aromatic heterocycles. The van der Waals surface area contributed by atoms with Gasteiger partial charge in [-0.15, -0.1) is 0 Å². The standard InChI is InChI=1S/C31H38FN3O4S/c1-6-24(4)33-31(37)29(19-25-10-8-7-9-11-25)34(20-26-12-14-27(32)15-13-26)30(36)21-35(40(5,38)39)28-17-22(2)16-23(3)18-28/h7-18,24,29H,6,19-21H2,1-5H3,(H,33,37)/t24-,29+/m1/s1. The van der Waals surface area contributed by atoms with Crippen molar-refractivity contribution in [1.82, 2.24) is 10.2 Å². The Bertz CT molecular complexity index is 1390. The van der Waals surface area contributed by atoms with Crippen LogP contribution in [0.2, 0.25) is 0 Å². The maximum Gasteiger partial charge on any atom is 0.244 e. The van der Waals surface area contributed by atoms with E-state index in [9.17, 15) is 22.4 Å². The third-order valence-electron chi connectivity index (χ3n) is 6.71. The Labute approximate surface area is 237 Å². The van der Waals surface area contributed by atoms with Gasteiger partial charge in [0.1, 0.15) is 18.4 Å². The fourth-order valence-electron chi connectivity index (χ4n) is 4.49. The third kappa shape index (κ3) is 8.64. The summed E-state index contributed by atoms with van der Waals surface area (Å²) < 4.78 is 40.6. The van der Waals surface area contributed by atoms with Crippen molar-refractivity contribution in [3.63, 3.8) is 0 Å². The van der Waals surface area contributed by atoms with E-state index < -0.39 is 34.3 Å². The Morgan fingerprint density at radius 2 is 1.52 bits per heavy atom. The van der Waals surface area contributed by atoms with Gasteiger partial charge in [-0.1, -0.05) is 55.5 Å². The van der Waals surface area contributed by atoms with Crippen LogP contribution in [0.15, 0.2) is 72.8 Å². The monoisotopic (exact) mass is 567 g/mol. The van der Waals surface area contributed by atoms with Gasteiger partial charge in [-0.25, -0.2) is 12.8 Å². The third-order valence-corrected chi connectivity index (χ3v) is 7.85. The number of nitrogens with zero attached hydrogens (tertiary/aromatic N) is 2. The van der Waals surface area contributed by atoms with Crippen LogP contribution in [0.3, 0.4) is 0 Å². The van der Waals surface area contributed by atoms with E-state index in [2.05, 4.69) is 5.32 Å². The van der Waals surface area contributed by atoms with Gasteiger partial charge in [-0.3, -0.25) is 13.9 Å². The number of halogens is 1. The molecule has 2 atom stereocenters. The van der Waals surface area contributed by atoms with E-state index in [1.807, 2.05) is 64.1 Å². The molecule has 0 unspecified atom stereocenters. The minimum absolute atomic E-state index is 0.00497. The summed E-state index contributed by atoms with van der Waals surface area (Å²) in [5.41, 5.74) is 3.54. The number of anilines is 1. The Morgan fingerprint density at radius 3 is 2.08 bits per heavy atom. The number of hydrogen-bond acceptors (Lipinski definition) is 4. The van der Waals surface area contributed by atoms with Crippen molar-refractivity contribution < 1.29 is 22.4 Å². The van der Waals surface area contributed by atoms with Gasteiger partial charge < -0.3 is 10.2 Å². The summed E-state index contributed by atoms with van der Waals surface area (Å²) in [6.07, 6.45) is 1.97. The SMILES string of the molecule is CC[C@@H](C)NC(=O)[C@H](Cc1ccccc1)N(Cc1ccc(F)cc1)C(=O)CN(c1cc(C)cc(C)c1)S(C)(=O)=O. The van der Waals surface area contributed by atoms with Gasteiger partial charge in [0.05, 0.1) is 11.9 Å². The van der Waals surface area contributed by atoms with Gasteiger partial charge in [-0.05, 0) is 73.7 Å². The van der Waals surface area contributed by atoms with E-state index in [0.717, 1.165) is 27.3 Å². The van der Waals surface area contributed by atoms with E-state index in [4.69, 9.17) is 0 Å². The largest absolute Gasteiger partial charge is 0.352 e. The van der Waals surface area contributed by atoms with Gasteiger partial charge in [0.15, 0.2) is 0 Å². The molecule has 3 aromatic rings. The summed E-state index contributed by atoms with van der Waals surface area (Å²) in [4.78, 5) is 29.1. The number of nitrogens with one attached hydrogen (secondary N) is 1. The summed E-state index contributed by atoms with van der Waals surface area (Å²) in [5.74, 6) is -1.31. The molecule has 3 aromatic carbocycles.